The molecule has 1 aliphatic carbocycles. The van der Waals surface area contributed by atoms with E-state index >= 15 is 0 Å². The largest absolute Gasteiger partial charge is 0.371 e. The molecule has 1 spiro atoms. The quantitative estimate of drug-likeness (QED) is 0.563. The van der Waals surface area contributed by atoms with Gasteiger partial charge in [0.05, 0.1) is 5.60 Å². The molecule has 1 fully saturated rings. The lowest BCUT2D eigenvalue weighted by atomic mass is 9.79. The maximum atomic E-state index is 5.82. The number of allylic oxidation sites excluding steroid dienone is 1. The molecule has 2 rings (SSSR count). The van der Waals surface area contributed by atoms with Crippen molar-refractivity contribution in [3.8, 4) is 0 Å². The van der Waals surface area contributed by atoms with Crippen molar-refractivity contribution in [2.45, 2.75) is 45.1 Å². The molecule has 0 aromatic rings. The molecular formula is C12H20O. The van der Waals surface area contributed by atoms with Crippen molar-refractivity contribution in [1.29, 1.82) is 0 Å². The molecule has 1 heterocycles. The van der Waals surface area contributed by atoms with E-state index in [-0.39, 0.29) is 5.60 Å². The maximum Gasteiger partial charge on any atom is 0.0863 e. The third-order valence-corrected chi connectivity index (χ3v) is 3.54. The summed E-state index contributed by atoms with van der Waals surface area (Å²) in [5, 5.41) is 0. The van der Waals surface area contributed by atoms with Crippen LogP contribution in [0.15, 0.2) is 12.2 Å². The predicted octanol–water partition coefficient (Wildman–Crippen LogP) is 3.16. The molecular weight excluding hydrogens is 160 g/mol. The Morgan fingerprint density at radius 3 is 2.69 bits per heavy atom. The van der Waals surface area contributed by atoms with E-state index in [0.717, 1.165) is 18.4 Å². The monoisotopic (exact) mass is 180 g/mol. The zero-order valence-corrected chi connectivity index (χ0v) is 8.75. The highest BCUT2D eigenvalue weighted by molar-refractivity contribution is 5.10. The standard InChI is InChI=1S/C12H20O/c1-10(2)11-4-7-12(8-5-11)6-3-9-13-12/h4,7,10-11H,3,5-6,8-9H2,1-2H3/t11-,12+/m1/s1. The minimum Gasteiger partial charge on any atom is -0.371 e. The lowest BCUT2D eigenvalue weighted by Crippen LogP contribution is -2.30. The van der Waals surface area contributed by atoms with E-state index in [9.17, 15) is 0 Å². The van der Waals surface area contributed by atoms with E-state index in [1.807, 2.05) is 0 Å². The van der Waals surface area contributed by atoms with Crippen molar-refractivity contribution in [2.75, 3.05) is 6.61 Å². The number of ether oxygens (including phenoxy) is 1. The van der Waals surface area contributed by atoms with Crippen molar-refractivity contribution in [3.63, 3.8) is 0 Å². The van der Waals surface area contributed by atoms with Gasteiger partial charge in [-0.25, -0.2) is 0 Å². The normalized spacial score (nSPS) is 39.2. The Hall–Kier alpha value is -0.300. The van der Waals surface area contributed by atoms with E-state index in [1.165, 1.54) is 25.7 Å². The van der Waals surface area contributed by atoms with Crippen molar-refractivity contribution in [2.24, 2.45) is 11.8 Å². The Balaban J connectivity index is 2.02. The first-order chi connectivity index (χ1) is 6.22. The second-order valence-corrected chi connectivity index (χ2v) is 4.82. The number of rotatable bonds is 1. The summed E-state index contributed by atoms with van der Waals surface area (Å²) in [5.41, 5.74) is 0.158. The lowest BCUT2D eigenvalue weighted by Gasteiger charge is -2.32. The highest BCUT2D eigenvalue weighted by Crippen LogP contribution is 2.38. The fourth-order valence-electron chi connectivity index (χ4n) is 2.49. The van der Waals surface area contributed by atoms with E-state index < -0.39 is 0 Å². The first-order valence-corrected chi connectivity index (χ1v) is 5.55. The van der Waals surface area contributed by atoms with Crippen LogP contribution in [0.25, 0.3) is 0 Å². The van der Waals surface area contributed by atoms with Crippen molar-refractivity contribution in [3.05, 3.63) is 12.2 Å². The van der Waals surface area contributed by atoms with Gasteiger partial charge in [-0.05, 0) is 37.5 Å². The van der Waals surface area contributed by atoms with Gasteiger partial charge in [-0.2, -0.15) is 0 Å². The van der Waals surface area contributed by atoms with Crippen LogP contribution in [0, 0.1) is 11.8 Å². The Morgan fingerprint density at radius 2 is 2.23 bits per heavy atom. The Bertz CT molecular complexity index is 199. The summed E-state index contributed by atoms with van der Waals surface area (Å²) in [4.78, 5) is 0. The van der Waals surface area contributed by atoms with Gasteiger partial charge in [0.1, 0.15) is 0 Å². The molecule has 1 nitrogen and oxygen atoms in total. The van der Waals surface area contributed by atoms with E-state index in [0.29, 0.717) is 0 Å². The molecule has 13 heavy (non-hydrogen) atoms. The molecule has 0 radical (unpaired) electrons. The summed E-state index contributed by atoms with van der Waals surface area (Å²) < 4.78 is 5.82. The Kier molecular flexibility index (Phi) is 2.46. The Labute approximate surface area is 81.2 Å². The van der Waals surface area contributed by atoms with Crippen LogP contribution in [0.5, 0.6) is 0 Å². The van der Waals surface area contributed by atoms with Crippen molar-refractivity contribution >= 4 is 0 Å². The molecule has 0 amide bonds. The van der Waals surface area contributed by atoms with Crippen molar-refractivity contribution < 1.29 is 4.74 Å². The molecule has 0 saturated carbocycles. The summed E-state index contributed by atoms with van der Waals surface area (Å²) in [6.07, 6.45) is 9.78. The van der Waals surface area contributed by atoms with Crippen LogP contribution in [0.2, 0.25) is 0 Å². The SMILES string of the molecule is CC(C)[C@@H]1C=C[C@@]2(CCCO2)CC1. The van der Waals surface area contributed by atoms with Crippen LogP contribution in [0.3, 0.4) is 0 Å². The smallest absolute Gasteiger partial charge is 0.0863 e. The topological polar surface area (TPSA) is 9.23 Å². The van der Waals surface area contributed by atoms with Crippen LogP contribution in [0.1, 0.15) is 39.5 Å². The average Bonchev–Trinajstić information content (AvgIpc) is 2.54. The van der Waals surface area contributed by atoms with E-state index in [1.54, 1.807) is 0 Å². The molecule has 2 aliphatic rings. The van der Waals surface area contributed by atoms with Crippen LogP contribution in [-0.2, 0) is 4.74 Å². The first kappa shape index (κ1) is 9.26. The highest BCUT2D eigenvalue weighted by atomic mass is 16.5. The van der Waals surface area contributed by atoms with Gasteiger partial charge in [0.2, 0.25) is 0 Å². The van der Waals surface area contributed by atoms with Gasteiger partial charge in [-0.1, -0.05) is 26.0 Å². The van der Waals surface area contributed by atoms with Crippen LogP contribution in [-0.4, -0.2) is 12.2 Å². The first-order valence-electron chi connectivity index (χ1n) is 5.55. The van der Waals surface area contributed by atoms with E-state index in [2.05, 4.69) is 26.0 Å². The lowest BCUT2D eigenvalue weighted by molar-refractivity contribution is 0.0270. The van der Waals surface area contributed by atoms with Gasteiger partial charge in [-0.15, -0.1) is 0 Å². The molecule has 74 valence electrons. The number of hydrogen-bond acceptors (Lipinski definition) is 1. The molecule has 2 atom stereocenters. The molecule has 1 heteroatoms. The summed E-state index contributed by atoms with van der Waals surface area (Å²) in [6, 6.07) is 0. The average molecular weight is 180 g/mol. The zero-order chi connectivity index (χ0) is 9.31. The summed E-state index contributed by atoms with van der Waals surface area (Å²) >= 11 is 0. The molecule has 0 bridgehead atoms. The summed E-state index contributed by atoms with van der Waals surface area (Å²) in [6.45, 7) is 5.59. The molecule has 0 aromatic heterocycles. The fourth-order valence-corrected chi connectivity index (χ4v) is 2.49. The predicted molar refractivity (Wildman–Crippen MR) is 54.6 cm³/mol. The third-order valence-electron chi connectivity index (χ3n) is 3.54. The van der Waals surface area contributed by atoms with Gasteiger partial charge in [0.25, 0.3) is 0 Å². The third kappa shape index (κ3) is 1.80. The molecule has 0 N–H and O–H groups in total. The van der Waals surface area contributed by atoms with Gasteiger partial charge in [-0.3, -0.25) is 0 Å². The van der Waals surface area contributed by atoms with Crippen LogP contribution in [0.4, 0.5) is 0 Å². The molecule has 1 saturated heterocycles. The Morgan fingerprint density at radius 1 is 1.38 bits per heavy atom. The molecule has 1 aliphatic heterocycles. The molecule has 0 unspecified atom stereocenters. The summed E-state index contributed by atoms with van der Waals surface area (Å²) in [5.74, 6) is 1.57. The highest BCUT2D eigenvalue weighted by Gasteiger charge is 2.35. The number of hydrogen-bond donors (Lipinski definition) is 0. The molecule has 0 aromatic carbocycles. The minimum atomic E-state index is 0.158. The van der Waals surface area contributed by atoms with E-state index in [4.69, 9.17) is 4.74 Å². The zero-order valence-electron chi connectivity index (χ0n) is 8.75. The second kappa shape index (κ2) is 3.45. The van der Waals surface area contributed by atoms with Crippen LogP contribution < -0.4 is 0 Å². The van der Waals surface area contributed by atoms with Gasteiger partial charge >= 0.3 is 0 Å². The van der Waals surface area contributed by atoms with Gasteiger partial charge in [0, 0.05) is 6.61 Å². The van der Waals surface area contributed by atoms with Crippen LogP contribution >= 0.6 is 0 Å². The maximum absolute atomic E-state index is 5.82. The minimum absolute atomic E-state index is 0.158. The second-order valence-electron chi connectivity index (χ2n) is 4.82. The van der Waals surface area contributed by atoms with Gasteiger partial charge in [0.15, 0.2) is 0 Å². The van der Waals surface area contributed by atoms with Gasteiger partial charge < -0.3 is 4.74 Å². The fraction of sp³-hybridized carbons (Fsp3) is 0.833. The summed E-state index contributed by atoms with van der Waals surface area (Å²) in [7, 11) is 0. The van der Waals surface area contributed by atoms with Crippen molar-refractivity contribution in [1.82, 2.24) is 0 Å².